The molecule has 0 aliphatic heterocycles. The van der Waals surface area contributed by atoms with Crippen LogP contribution in [0.2, 0.25) is 0 Å². The van der Waals surface area contributed by atoms with Crippen LogP contribution in [0.1, 0.15) is 5.56 Å². The largest absolute Gasteiger partial charge is 0.504 e. The number of halogens is 3. The molecule has 90 valence electrons. The topological polar surface area (TPSA) is 59.4 Å². The van der Waals surface area contributed by atoms with E-state index in [0.29, 0.717) is 0 Å². The van der Waals surface area contributed by atoms with E-state index in [4.69, 9.17) is 10.2 Å². The van der Waals surface area contributed by atoms with Crippen molar-refractivity contribution in [2.24, 2.45) is 0 Å². The second-order valence-electron chi connectivity index (χ2n) is 3.44. The highest BCUT2D eigenvalue weighted by atomic mass is 19.4. The number of nitrogens with two attached hydrogens (primary N) is 1. The van der Waals surface area contributed by atoms with Crippen molar-refractivity contribution in [3.8, 4) is 16.9 Å². The van der Waals surface area contributed by atoms with Gasteiger partial charge in [-0.2, -0.15) is 13.2 Å². The molecule has 0 unspecified atom stereocenters. The molecule has 0 aliphatic carbocycles. The van der Waals surface area contributed by atoms with Crippen LogP contribution in [0, 0.1) is 0 Å². The lowest BCUT2D eigenvalue weighted by molar-refractivity contribution is -0.137. The predicted molar refractivity (Wildman–Crippen MR) is 55.2 cm³/mol. The van der Waals surface area contributed by atoms with Crippen molar-refractivity contribution in [1.29, 1.82) is 0 Å². The maximum Gasteiger partial charge on any atom is 0.416 e. The molecular formula is C11H8F3NO2. The quantitative estimate of drug-likeness (QED) is 0.808. The van der Waals surface area contributed by atoms with Gasteiger partial charge < -0.3 is 15.3 Å². The minimum absolute atomic E-state index is 0.0658. The Labute approximate surface area is 94.3 Å². The Bertz CT molecular complexity index is 526. The summed E-state index contributed by atoms with van der Waals surface area (Å²) >= 11 is 0. The van der Waals surface area contributed by atoms with Crippen molar-refractivity contribution >= 4 is 5.88 Å². The van der Waals surface area contributed by atoms with E-state index in [1.54, 1.807) is 0 Å². The van der Waals surface area contributed by atoms with Gasteiger partial charge in [-0.3, -0.25) is 0 Å². The normalized spacial score (nSPS) is 11.7. The first kappa shape index (κ1) is 11.4. The van der Waals surface area contributed by atoms with Crippen LogP contribution in [0.15, 0.2) is 34.9 Å². The van der Waals surface area contributed by atoms with Gasteiger partial charge in [-0.25, -0.2) is 0 Å². The molecule has 17 heavy (non-hydrogen) atoms. The van der Waals surface area contributed by atoms with Gasteiger partial charge in [0.15, 0.2) is 5.75 Å². The van der Waals surface area contributed by atoms with Crippen LogP contribution in [0.3, 0.4) is 0 Å². The van der Waals surface area contributed by atoms with E-state index in [9.17, 15) is 18.3 Å². The van der Waals surface area contributed by atoms with E-state index in [-0.39, 0.29) is 22.8 Å². The molecule has 1 heterocycles. The second kappa shape index (κ2) is 3.73. The van der Waals surface area contributed by atoms with E-state index in [1.807, 2.05) is 0 Å². The zero-order chi connectivity index (χ0) is 12.6. The van der Waals surface area contributed by atoms with Crippen molar-refractivity contribution in [1.82, 2.24) is 0 Å². The first-order valence-corrected chi connectivity index (χ1v) is 4.63. The summed E-state index contributed by atoms with van der Waals surface area (Å²) < 4.78 is 42.2. The molecule has 2 aromatic rings. The van der Waals surface area contributed by atoms with Gasteiger partial charge in [-0.15, -0.1) is 0 Å². The maximum absolute atomic E-state index is 12.5. The molecule has 0 spiro atoms. The molecule has 3 nitrogen and oxygen atoms in total. The first-order valence-electron chi connectivity index (χ1n) is 4.63. The van der Waals surface area contributed by atoms with Crippen LogP contribution in [-0.4, -0.2) is 5.11 Å². The molecule has 3 N–H and O–H groups in total. The standard InChI is InChI=1S/C11H8F3NO2/c12-11(13,14)7-3-1-2-6(4-7)9-8(16)5-17-10(9)15/h1-5,16H,15H2. The number of rotatable bonds is 1. The predicted octanol–water partition coefficient (Wildman–Crippen LogP) is 3.25. The Morgan fingerprint density at radius 2 is 1.94 bits per heavy atom. The smallest absolute Gasteiger partial charge is 0.416 e. The van der Waals surface area contributed by atoms with Crippen LogP contribution < -0.4 is 5.73 Å². The molecule has 0 saturated carbocycles. The molecule has 1 aromatic carbocycles. The van der Waals surface area contributed by atoms with E-state index in [2.05, 4.69) is 0 Å². The highest BCUT2D eigenvalue weighted by Crippen LogP contribution is 2.38. The molecule has 0 atom stereocenters. The molecule has 6 heteroatoms. The fourth-order valence-electron chi connectivity index (χ4n) is 1.50. The number of anilines is 1. The van der Waals surface area contributed by atoms with Gasteiger partial charge in [-0.1, -0.05) is 12.1 Å². The summed E-state index contributed by atoms with van der Waals surface area (Å²) in [5.74, 6) is -0.413. The first-order chi connectivity index (χ1) is 7.89. The van der Waals surface area contributed by atoms with Gasteiger partial charge in [0.05, 0.1) is 11.1 Å². The number of hydrogen-bond donors (Lipinski definition) is 2. The van der Waals surface area contributed by atoms with E-state index >= 15 is 0 Å². The minimum atomic E-state index is -4.44. The molecule has 2 rings (SSSR count). The average molecular weight is 243 g/mol. The van der Waals surface area contributed by atoms with Crippen LogP contribution in [0.25, 0.3) is 11.1 Å². The van der Waals surface area contributed by atoms with Gasteiger partial charge in [0, 0.05) is 0 Å². The zero-order valence-corrected chi connectivity index (χ0v) is 8.45. The summed E-state index contributed by atoms with van der Waals surface area (Å²) in [6, 6.07) is 4.50. The zero-order valence-electron chi connectivity index (χ0n) is 8.45. The Balaban J connectivity index is 2.55. The number of alkyl halides is 3. The average Bonchev–Trinajstić information content (AvgIpc) is 2.57. The van der Waals surface area contributed by atoms with Crippen molar-refractivity contribution in [3.05, 3.63) is 36.1 Å². The molecule has 0 aliphatic rings. The number of nitrogen functional groups attached to an aromatic ring is 1. The van der Waals surface area contributed by atoms with Crippen LogP contribution in [0.4, 0.5) is 19.1 Å². The third-order valence-electron chi connectivity index (χ3n) is 2.28. The Kier molecular flexibility index (Phi) is 2.49. The maximum atomic E-state index is 12.5. The third-order valence-corrected chi connectivity index (χ3v) is 2.28. The van der Waals surface area contributed by atoms with Crippen LogP contribution >= 0.6 is 0 Å². The SMILES string of the molecule is Nc1occ(O)c1-c1cccc(C(F)(F)F)c1. The molecule has 0 bridgehead atoms. The summed E-state index contributed by atoms with van der Waals surface area (Å²) in [6.07, 6.45) is -3.46. The molecule has 1 aromatic heterocycles. The van der Waals surface area contributed by atoms with E-state index in [1.165, 1.54) is 12.1 Å². The minimum Gasteiger partial charge on any atom is -0.504 e. The third kappa shape index (κ3) is 2.06. The number of aromatic hydroxyl groups is 1. The highest BCUT2D eigenvalue weighted by Gasteiger charge is 2.30. The van der Waals surface area contributed by atoms with Crippen molar-refractivity contribution in [3.63, 3.8) is 0 Å². The van der Waals surface area contributed by atoms with Gasteiger partial charge in [-0.05, 0) is 17.7 Å². The lowest BCUT2D eigenvalue weighted by Crippen LogP contribution is -2.04. The fraction of sp³-hybridized carbons (Fsp3) is 0.0909. The monoisotopic (exact) mass is 243 g/mol. The fourth-order valence-corrected chi connectivity index (χ4v) is 1.50. The van der Waals surface area contributed by atoms with E-state index < -0.39 is 11.7 Å². The summed E-state index contributed by atoms with van der Waals surface area (Å²) in [5, 5.41) is 9.42. The lowest BCUT2D eigenvalue weighted by atomic mass is 10.0. The van der Waals surface area contributed by atoms with Crippen molar-refractivity contribution in [2.75, 3.05) is 5.73 Å². The molecular weight excluding hydrogens is 235 g/mol. The van der Waals surface area contributed by atoms with Crippen LogP contribution in [-0.2, 0) is 6.18 Å². The summed E-state index contributed by atoms with van der Waals surface area (Å²) in [5.41, 5.74) is 4.84. The lowest BCUT2D eigenvalue weighted by Gasteiger charge is -2.08. The van der Waals surface area contributed by atoms with Gasteiger partial charge in [0.1, 0.15) is 6.26 Å². The molecule has 0 saturated heterocycles. The van der Waals surface area contributed by atoms with Gasteiger partial charge >= 0.3 is 6.18 Å². The molecule has 0 amide bonds. The number of hydrogen-bond acceptors (Lipinski definition) is 3. The van der Waals surface area contributed by atoms with E-state index in [0.717, 1.165) is 18.4 Å². The van der Waals surface area contributed by atoms with Gasteiger partial charge in [0.2, 0.25) is 5.88 Å². The molecule has 0 radical (unpaired) electrons. The van der Waals surface area contributed by atoms with Crippen LogP contribution in [0.5, 0.6) is 5.75 Å². The Morgan fingerprint density at radius 1 is 1.24 bits per heavy atom. The second-order valence-corrected chi connectivity index (χ2v) is 3.44. The molecule has 0 fully saturated rings. The van der Waals surface area contributed by atoms with Gasteiger partial charge in [0.25, 0.3) is 0 Å². The Morgan fingerprint density at radius 3 is 2.47 bits per heavy atom. The summed E-state index contributed by atoms with van der Waals surface area (Å²) in [4.78, 5) is 0. The number of benzene rings is 1. The highest BCUT2D eigenvalue weighted by molar-refractivity contribution is 5.79. The van der Waals surface area contributed by atoms with Crippen molar-refractivity contribution < 1.29 is 22.7 Å². The summed E-state index contributed by atoms with van der Waals surface area (Å²) in [6.45, 7) is 0. The number of furan rings is 1. The Hall–Kier alpha value is -2.11. The summed E-state index contributed by atoms with van der Waals surface area (Å²) in [7, 11) is 0. The van der Waals surface area contributed by atoms with Crippen molar-refractivity contribution in [2.45, 2.75) is 6.18 Å².